The SMILES string of the molecule is COC(=O)C(N)CCn1c(=O)n(C)c2ccc(Nc3ccnc(Cl)c3C#N)cc21. The molecule has 0 amide bonds. The maximum Gasteiger partial charge on any atom is 0.328 e. The van der Waals surface area contributed by atoms with Gasteiger partial charge in [0.1, 0.15) is 22.8 Å². The van der Waals surface area contributed by atoms with E-state index in [4.69, 9.17) is 17.3 Å². The molecule has 1 atom stereocenters. The number of aryl methyl sites for hydroxylation is 2. The van der Waals surface area contributed by atoms with Gasteiger partial charge >= 0.3 is 11.7 Å². The van der Waals surface area contributed by atoms with Gasteiger partial charge in [-0.2, -0.15) is 5.26 Å². The number of esters is 1. The number of nitrogens with two attached hydrogens (primary N) is 1. The minimum atomic E-state index is -0.819. The fraction of sp³-hybridized carbons (Fsp3) is 0.263. The molecule has 0 bridgehead atoms. The third-order valence-corrected chi connectivity index (χ3v) is 4.90. The van der Waals surface area contributed by atoms with Crippen LogP contribution in [0.2, 0.25) is 5.15 Å². The number of benzene rings is 1. The molecule has 150 valence electrons. The van der Waals surface area contributed by atoms with Crippen molar-refractivity contribution in [1.29, 1.82) is 5.26 Å². The van der Waals surface area contributed by atoms with Crippen molar-refractivity contribution in [2.24, 2.45) is 12.8 Å². The molecule has 3 aromatic rings. The molecule has 0 aliphatic rings. The Morgan fingerprint density at radius 3 is 2.86 bits per heavy atom. The monoisotopic (exact) mass is 414 g/mol. The Morgan fingerprint density at radius 2 is 2.17 bits per heavy atom. The zero-order valence-electron chi connectivity index (χ0n) is 15.8. The number of nitrogens with one attached hydrogen (secondary N) is 1. The van der Waals surface area contributed by atoms with Gasteiger partial charge in [0.2, 0.25) is 0 Å². The van der Waals surface area contributed by atoms with Crippen molar-refractivity contribution < 1.29 is 9.53 Å². The standard InChI is InChI=1S/C19H19ClN6O3/c1-25-15-4-3-11(24-14-5-7-23-17(20)12(14)10-21)9-16(15)26(19(25)28)8-6-13(22)18(27)29-2/h3-5,7,9,13H,6,8,22H2,1-2H3,(H,23,24). The van der Waals surface area contributed by atoms with Crippen molar-refractivity contribution in [3.8, 4) is 6.07 Å². The average molecular weight is 415 g/mol. The summed E-state index contributed by atoms with van der Waals surface area (Å²) in [7, 11) is 2.94. The number of pyridine rings is 1. The molecule has 0 radical (unpaired) electrons. The highest BCUT2D eigenvalue weighted by atomic mass is 35.5. The van der Waals surface area contributed by atoms with Gasteiger partial charge in [0, 0.05) is 25.5 Å². The van der Waals surface area contributed by atoms with Crippen LogP contribution in [-0.2, 0) is 23.1 Å². The van der Waals surface area contributed by atoms with Crippen LogP contribution < -0.4 is 16.7 Å². The van der Waals surface area contributed by atoms with Gasteiger partial charge in [0.25, 0.3) is 0 Å². The highest BCUT2D eigenvalue weighted by molar-refractivity contribution is 6.31. The Bertz CT molecular complexity index is 1180. The van der Waals surface area contributed by atoms with Gasteiger partial charge in [-0.05, 0) is 30.7 Å². The van der Waals surface area contributed by atoms with E-state index in [1.165, 1.54) is 17.9 Å². The van der Waals surface area contributed by atoms with E-state index in [1.807, 2.05) is 6.07 Å². The second-order valence-corrected chi connectivity index (χ2v) is 6.73. The third-order valence-electron chi connectivity index (χ3n) is 4.61. The molecule has 0 fully saturated rings. The van der Waals surface area contributed by atoms with Crippen LogP contribution >= 0.6 is 11.6 Å². The summed E-state index contributed by atoms with van der Waals surface area (Å²) in [4.78, 5) is 28.1. The van der Waals surface area contributed by atoms with E-state index < -0.39 is 12.0 Å². The lowest BCUT2D eigenvalue weighted by molar-refractivity contribution is -0.142. The van der Waals surface area contributed by atoms with Crippen molar-refractivity contribution in [1.82, 2.24) is 14.1 Å². The Morgan fingerprint density at radius 1 is 1.41 bits per heavy atom. The van der Waals surface area contributed by atoms with Crippen LogP contribution in [0.15, 0.2) is 35.3 Å². The number of ether oxygens (including phenoxy) is 1. The molecular weight excluding hydrogens is 396 g/mol. The second kappa shape index (κ2) is 8.34. The minimum Gasteiger partial charge on any atom is -0.468 e. The lowest BCUT2D eigenvalue weighted by Gasteiger charge is -2.11. The first-order valence-corrected chi connectivity index (χ1v) is 9.09. The number of aromatic nitrogens is 3. The molecule has 2 heterocycles. The molecule has 0 aliphatic heterocycles. The highest BCUT2D eigenvalue weighted by Crippen LogP contribution is 2.26. The van der Waals surface area contributed by atoms with Crippen molar-refractivity contribution in [2.75, 3.05) is 12.4 Å². The van der Waals surface area contributed by atoms with Gasteiger partial charge < -0.3 is 15.8 Å². The molecule has 0 spiro atoms. The average Bonchev–Trinajstić information content (AvgIpc) is 2.95. The first-order valence-electron chi connectivity index (χ1n) is 8.71. The smallest absolute Gasteiger partial charge is 0.328 e. The van der Waals surface area contributed by atoms with Crippen molar-refractivity contribution in [3.05, 3.63) is 51.7 Å². The molecule has 0 saturated heterocycles. The lowest BCUT2D eigenvalue weighted by Crippen LogP contribution is -2.34. The summed E-state index contributed by atoms with van der Waals surface area (Å²) in [5.74, 6) is -0.528. The minimum absolute atomic E-state index is 0.104. The van der Waals surface area contributed by atoms with E-state index in [-0.39, 0.29) is 29.4 Å². The number of hydrogen-bond acceptors (Lipinski definition) is 7. The first kappa shape index (κ1) is 20.4. The molecule has 10 heteroatoms. The van der Waals surface area contributed by atoms with Crippen LogP contribution in [0.25, 0.3) is 11.0 Å². The van der Waals surface area contributed by atoms with E-state index in [0.29, 0.717) is 16.9 Å². The predicted molar refractivity (Wildman–Crippen MR) is 109 cm³/mol. The summed E-state index contributed by atoms with van der Waals surface area (Å²) in [6.07, 6.45) is 1.75. The number of anilines is 2. The summed E-state index contributed by atoms with van der Waals surface area (Å²) >= 11 is 5.98. The Balaban J connectivity index is 1.97. The number of fused-ring (bicyclic) bond motifs is 1. The molecule has 0 saturated carbocycles. The molecule has 3 rings (SSSR count). The summed E-state index contributed by atoms with van der Waals surface area (Å²) in [5.41, 5.74) is 8.35. The van der Waals surface area contributed by atoms with E-state index in [1.54, 1.807) is 35.9 Å². The highest BCUT2D eigenvalue weighted by Gasteiger charge is 2.17. The number of rotatable bonds is 6. The first-order chi connectivity index (χ1) is 13.9. The van der Waals surface area contributed by atoms with Crippen LogP contribution in [-0.4, -0.2) is 33.2 Å². The molecule has 1 unspecified atom stereocenters. The number of methoxy groups -OCH3 is 1. The molecular formula is C19H19ClN6O3. The van der Waals surface area contributed by atoms with Gasteiger partial charge in [0.05, 0.1) is 23.8 Å². The molecule has 0 aliphatic carbocycles. The molecule has 1 aromatic carbocycles. The fourth-order valence-electron chi connectivity index (χ4n) is 3.04. The van der Waals surface area contributed by atoms with Crippen molar-refractivity contribution in [3.63, 3.8) is 0 Å². The second-order valence-electron chi connectivity index (χ2n) is 6.38. The van der Waals surface area contributed by atoms with Crippen molar-refractivity contribution in [2.45, 2.75) is 19.0 Å². The maximum absolute atomic E-state index is 12.6. The zero-order chi connectivity index (χ0) is 21.1. The fourth-order valence-corrected chi connectivity index (χ4v) is 3.24. The van der Waals surface area contributed by atoms with Crippen LogP contribution in [0, 0.1) is 11.3 Å². The number of nitriles is 1. The van der Waals surface area contributed by atoms with Gasteiger partial charge in [-0.3, -0.25) is 13.9 Å². The number of hydrogen-bond donors (Lipinski definition) is 2. The van der Waals surface area contributed by atoms with E-state index in [0.717, 1.165) is 5.52 Å². The number of carbonyl (C=O) groups excluding carboxylic acids is 1. The summed E-state index contributed by atoms with van der Waals surface area (Å²) < 4.78 is 7.70. The molecule has 29 heavy (non-hydrogen) atoms. The number of nitrogens with zero attached hydrogens (tertiary/aromatic N) is 4. The van der Waals surface area contributed by atoms with E-state index in [9.17, 15) is 14.9 Å². The summed E-state index contributed by atoms with van der Waals surface area (Å²) in [6, 6.07) is 8.22. The Hall–Kier alpha value is -3.35. The summed E-state index contributed by atoms with van der Waals surface area (Å²) in [5, 5.41) is 12.5. The van der Waals surface area contributed by atoms with Crippen LogP contribution in [0.1, 0.15) is 12.0 Å². The van der Waals surface area contributed by atoms with Crippen LogP contribution in [0.5, 0.6) is 0 Å². The maximum atomic E-state index is 12.6. The molecule has 9 nitrogen and oxygen atoms in total. The zero-order valence-corrected chi connectivity index (χ0v) is 16.6. The van der Waals surface area contributed by atoms with Gasteiger partial charge in [-0.1, -0.05) is 11.6 Å². The third kappa shape index (κ3) is 3.94. The predicted octanol–water partition coefficient (Wildman–Crippen LogP) is 1.89. The van der Waals surface area contributed by atoms with Crippen LogP contribution in [0.3, 0.4) is 0 Å². The van der Waals surface area contributed by atoms with E-state index >= 15 is 0 Å². The van der Waals surface area contributed by atoms with Gasteiger partial charge in [-0.25, -0.2) is 9.78 Å². The van der Waals surface area contributed by atoms with Gasteiger partial charge in [-0.15, -0.1) is 0 Å². The number of halogens is 1. The Labute approximate surface area is 171 Å². The van der Waals surface area contributed by atoms with E-state index in [2.05, 4.69) is 15.0 Å². The molecule has 3 N–H and O–H groups in total. The number of carbonyl (C=O) groups is 1. The topological polar surface area (TPSA) is 128 Å². The van der Waals surface area contributed by atoms with Gasteiger partial charge in [0.15, 0.2) is 0 Å². The van der Waals surface area contributed by atoms with Crippen LogP contribution in [0.4, 0.5) is 11.4 Å². The summed E-state index contributed by atoms with van der Waals surface area (Å²) in [6.45, 7) is 0.250. The number of imidazole rings is 1. The lowest BCUT2D eigenvalue weighted by atomic mass is 10.2. The largest absolute Gasteiger partial charge is 0.468 e. The quantitative estimate of drug-likeness (QED) is 0.465. The Kier molecular flexibility index (Phi) is 5.87. The molecule has 2 aromatic heterocycles. The van der Waals surface area contributed by atoms with Crippen molar-refractivity contribution >= 4 is 40.0 Å². The normalized spacial score (nSPS) is 11.8.